The molecule has 8 nitrogen and oxygen atoms in total. The van der Waals surface area contributed by atoms with Crippen molar-refractivity contribution in [2.24, 2.45) is 5.73 Å². The SMILES string of the molecule is Cc1c(C(N)=O)cc(C(=O)CN2CCN(S(=O)(=O)c3ccc(Cl)cc3)CC2)n1Cc1ccccc1F. The summed E-state index contributed by atoms with van der Waals surface area (Å²) in [6.07, 6.45) is 0. The van der Waals surface area contributed by atoms with Gasteiger partial charge in [-0.3, -0.25) is 14.5 Å². The highest BCUT2D eigenvalue weighted by atomic mass is 35.5. The minimum absolute atomic E-state index is 0.0216. The molecule has 1 fully saturated rings. The molecule has 2 heterocycles. The molecule has 190 valence electrons. The minimum atomic E-state index is -3.67. The van der Waals surface area contributed by atoms with E-state index in [-0.39, 0.29) is 48.1 Å². The number of Topliss-reactive ketones (excluding diaryl/α,β-unsaturated/α-hetero) is 1. The molecular formula is C25H26ClFN4O4S. The molecule has 0 spiro atoms. The molecule has 1 saturated heterocycles. The number of halogens is 2. The normalized spacial score (nSPS) is 15.2. The number of benzene rings is 2. The second-order valence-electron chi connectivity index (χ2n) is 8.63. The molecule has 3 aromatic rings. The van der Waals surface area contributed by atoms with Gasteiger partial charge in [0, 0.05) is 42.5 Å². The monoisotopic (exact) mass is 532 g/mol. The van der Waals surface area contributed by atoms with E-state index in [0.717, 1.165) is 0 Å². The summed E-state index contributed by atoms with van der Waals surface area (Å²) in [5.74, 6) is -1.35. The number of ketones is 1. The highest BCUT2D eigenvalue weighted by Crippen LogP contribution is 2.22. The van der Waals surface area contributed by atoms with Crippen LogP contribution in [-0.4, -0.2) is 66.6 Å². The fourth-order valence-electron chi connectivity index (χ4n) is 4.29. The molecule has 0 bridgehead atoms. The van der Waals surface area contributed by atoms with Crippen LogP contribution in [0.5, 0.6) is 0 Å². The molecule has 0 saturated carbocycles. The highest BCUT2D eigenvalue weighted by Gasteiger charge is 2.30. The Balaban J connectivity index is 1.48. The van der Waals surface area contributed by atoms with Crippen LogP contribution in [0, 0.1) is 12.7 Å². The quantitative estimate of drug-likeness (QED) is 0.449. The number of nitrogens with zero attached hydrogens (tertiary/aromatic N) is 3. The number of primary amides is 1. The third-order valence-corrected chi connectivity index (χ3v) is 8.52. The van der Waals surface area contributed by atoms with Crippen molar-refractivity contribution in [2.45, 2.75) is 18.4 Å². The zero-order chi connectivity index (χ0) is 26.0. The van der Waals surface area contributed by atoms with E-state index in [4.69, 9.17) is 17.3 Å². The van der Waals surface area contributed by atoms with Gasteiger partial charge in [0.05, 0.1) is 29.2 Å². The molecule has 0 unspecified atom stereocenters. The first-order chi connectivity index (χ1) is 17.1. The second-order valence-corrected chi connectivity index (χ2v) is 11.0. The van der Waals surface area contributed by atoms with Crippen LogP contribution in [0.2, 0.25) is 5.02 Å². The summed E-state index contributed by atoms with van der Waals surface area (Å²) < 4.78 is 43.1. The van der Waals surface area contributed by atoms with Gasteiger partial charge in [0.25, 0.3) is 5.91 Å². The Morgan fingerprint density at radius 3 is 2.28 bits per heavy atom. The van der Waals surface area contributed by atoms with Crippen molar-refractivity contribution in [2.75, 3.05) is 32.7 Å². The van der Waals surface area contributed by atoms with E-state index >= 15 is 0 Å². The summed E-state index contributed by atoms with van der Waals surface area (Å²) in [4.78, 5) is 27.2. The van der Waals surface area contributed by atoms with Crippen molar-refractivity contribution in [3.63, 3.8) is 0 Å². The fraction of sp³-hybridized carbons (Fsp3) is 0.280. The summed E-state index contributed by atoms with van der Waals surface area (Å²) in [6, 6.07) is 13.7. The number of piperazine rings is 1. The van der Waals surface area contributed by atoms with Gasteiger partial charge in [-0.2, -0.15) is 4.31 Å². The molecule has 0 radical (unpaired) electrons. The number of aromatic nitrogens is 1. The van der Waals surface area contributed by atoms with Gasteiger partial charge in [-0.15, -0.1) is 0 Å². The van der Waals surface area contributed by atoms with Crippen LogP contribution in [0.15, 0.2) is 59.5 Å². The van der Waals surface area contributed by atoms with Gasteiger partial charge in [-0.05, 0) is 43.3 Å². The van der Waals surface area contributed by atoms with E-state index in [1.54, 1.807) is 29.7 Å². The largest absolute Gasteiger partial charge is 0.366 e. The zero-order valence-electron chi connectivity index (χ0n) is 19.7. The van der Waals surface area contributed by atoms with E-state index in [1.165, 1.54) is 40.7 Å². The topological polar surface area (TPSA) is 106 Å². The first-order valence-corrected chi connectivity index (χ1v) is 13.1. The van der Waals surface area contributed by atoms with Gasteiger partial charge in [0.2, 0.25) is 10.0 Å². The molecule has 1 aliphatic rings. The van der Waals surface area contributed by atoms with Crippen LogP contribution in [0.3, 0.4) is 0 Å². The van der Waals surface area contributed by atoms with Crippen LogP contribution >= 0.6 is 11.6 Å². The van der Waals surface area contributed by atoms with Gasteiger partial charge in [-0.25, -0.2) is 12.8 Å². The first-order valence-electron chi connectivity index (χ1n) is 11.3. The molecule has 1 amide bonds. The molecule has 0 aliphatic carbocycles. The predicted octanol–water partition coefficient (Wildman–Crippen LogP) is 2.93. The summed E-state index contributed by atoms with van der Waals surface area (Å²) >= 11 is 5.87. The maximum atomic E-state index is 14.3. The Morgan fingerprint density at radius 1 is 1.03 bits per heavy atom. The van der Waals surface area contributed by atoms with Gasteiger partial charge < -0.3 is 10.3 Å². The van der Waals surface area contributed by atoms with Crippen LogP contribution in [0.1, 0.15) is 32.1 Å². The van der Waals surface area contributed by atoms with Gasteiger partial charge in [0.15, 0.2) is 5.78 Å². The van der Waals surface area contributed by atoms with Crippen molar-refractivity contribution in [3.8, 4) is 0 Å². The van der Waals surface area contributed by atoms with Crippen molar-refractivity contribution >= 4 is 33.3 Å². The third-order valence-electron chi connectivity index (χ3n) is 6.35. The Hall–Kier alpha value is -3.05. The number of nitrogens with two attached hydrogens (primary N) is 1. The number of amides is 1. The average Bonchev–Trinajstić information content (AvgIpc) is 3.17. The van der Waals surface area contributed by atoms with Gasteiger partial charge in [-0.1, -0.05) is 29.8 Å². The zero-order valence-corrected chi connectivity index (χ0v) is 21.2. The summed E-state index contributed by atoms with van der Waals surface area (Å²) in [6.45, 7) is 2.91. The van der Waals surface area contributed by atoms with Crippen LogP contribution in [0.4, 0.5) is 4.39 Å². The molecule has 2 aromatic carbocycles. The maximum Gasteiger partial charge on any atom is 0.250 e. The predicted molar refractivity (Wildman–Crippen MR) is 134 cm³/mol. The van der Waals surface area contributed by atoms with Crippen LogP contribution in [0.25, 0.3) is 0 Å². The lowest BCUT2D eigenvalue weighted by Crippen LogP contribution is -2.49. The highest BCUT2D eigenvalue weighted by molar-refractivity contribution is 7.89. The number of carbonyl (C=O) groups excluding carboxylic acids is 2. The molecule has 4 rings (SSSR count). The molecule has 2 N–H and O–H groups in total. The first kappa shape index (κ1) is 26.0. The van der Waals surface area contributed by atoms with Gasteiger partial charge in [0.1, 0.15) is 5.82 Å². The number of carbonyl (C=O) groups is 2. The molecule has 36 heavy (non-hydrogen) atoms. The average molecular weight is 533 g/mol. The van der Waals surface area contributed by atoms with Crippen LogP contribution < -0.4 is 5.73 Å². The smallest absolute Gasteiger partial charge is 0.250 e. The van der Waals surface area contributed by atoms with E-state index in [0.29, 0.717) is 29.4 Å². The maximum absolute atomic E-state index is 14.3. The summed E-state index contributed by atoms with van der Waals surface area (Å²) in [5, 5.41) is 0.451. The number of hydrogen-bond donors (Lipinski definition) is 1. The lowest BCUT2D eigenvalue weighted by Gasteiger charge is -2.33. The molecule has 11 heteroatoms. The fourth-order valence-corrected chi connectivity index (χ4v) is 5.84. The number of hydrogen-bond acceptors (Lipinski definition) is 5. The van der Waals surface area contributed by atoms with Crippen molar-refractivity contribution in [1.29, 1.82) is 0 Å². The van der Waals surface area contributed by atoms with E-state index < -0.39 is 21.7 Å². The minimum Gasteiger partial charge on any atom is -0.366 e. The number of sulfonamides is 1. The van der Waals surface area contributed by atoms with Crippen molar-refractivity contribution in [3.05, 3.63) is 88.0 Å². The van der Waals surface area contributed by atoms with Crippen molar-refractivity contribution < 1.29 is 22.4 Å². The van der Waals surface area contributed by atoms with Crippen LogP contribution in [-0.2, 0) is 16.6 Å². The van der Waals surface area contributed by atoms with Crippen molar-refractivity contribution in [1.82, 2.24) is 13.8 Å². The van der Waals surface area contributed by atoms with E-state index in [1.807, 2.05) is 4.90 Å². The lowest BCUT2D eigenvalue weighted by atomic mass is 10.2. The number of rotatable bonds is 8. The Morgan fingerprint density at radius 2 is 1.67 bits per heavy atom. The second kappa shape index (κ2) is 10.5. The Labute approximate surface area is 214 Å². The molecular weight excluding hydrogens is 507 g/mol. The molecule has 1 aliphatic heterocycles. The van der Waals surface area contributed by atoms with Gasteiger partial charge >= 0.3 is 0 Å². The molecule has 0 atom stereocenters. The third kappa shape index (κ3) is 5.36. The Kier molecular flexibility index (Phi) is 7.60. The van der Waals surface area contributed by atoms with E-state index in [2.05, 4.69) is 0 Å². The lowest BCUT2D eigenvalue weighted by molar-refractivity contribution is 0.0892. The Bertz CT molecular complexity index is 1400. The standard InChI is InChI=1S/C25H26ClFN4O4S/c1-17-21(25(28)33)14-23(31(17)15-18-4-2-3-5-22(18)27)24(32)16-29-10-12-30(13-11-29)36(34,35)20-8-6-19(26)7-9-20/h2-9,14H,10-13,15-16H2,1H3,(H2,28,33). The summed E-state index contributed by atoms with van der Waals surface area (Å²) in [5.41, 5.74) is 6.81. The van der Waals surface area contributed by atoms with E-state index in [9.17, 15) is 22.4 Å². The summed E-state index contributed by atoms with van der Waals surface area (Å²) in [7, 11) is -3.67. The molecule has 1 aromatic heterocycles.